The summed E-state index contributed by atoms with van der Waals surface area (Å²) in [6.45, 7) is 3.20. The first-order valence-electron chi connectivity index (χ1n) is 6.90. The van der Waals surface area contributed by atoms with Gasteiger partial charge in [0.15, 0.2) is 0 Å². The molecule has 1 saturated heterocycles. The Kier molecular flexibility index (Phi) is 3.33. The van der Waals surface area contributed by atoms with Gasteiger partial charge in [-0.1, -0.05) is 18.2 Å². The third kappa shape index (κ3) is 2.72. The molecule has 1 atom stereocenters. The molecular weight excluding hydrogens is 224 g/mol. The molecule has 0 unspecified atom stereocenters. The van der Waals surface area contributed by atoms with E-state index in [9.17, 15) is 4.79 Å². The molecule has 1 saturated carbocycles. The molecule has 1 aromatic rings. The minimum absolute atomic E-state index is 0.0560. The van der Waals surface area contributed by atoms with Gasteiger partial charge in [-0.3, -0.25) is 4.79 Å². The normalized spacial score (nSPS) is 24.1. The summed E-state index contributed by atoms with van der Waals surface area (Å²) in [6.07, 6.45) is 3.98. The van der Waals surface area contributed by atoms with Crippen LogP contribution in [-0.4, -0.2) is 36.5 Å². The van der Waals surface area contributed by atoms with Crippen molar-refractivity contribution in [3.8, 4) is 0 Å². The van der Waals surface area contributed by atoms with E-state index in [2.05, 4.69) is 10.2 Å². The molecule has 3 heteroatoms. The molecule has 2 fully saturated rings. The quantitative estimate of drug-likeness (QED) is 0.877. The Bertz CT molecular complexity index is 414. The van der Waals surface area contributed by atoms with Crippen LogP contribution in [0.5, 0.6) is 0 Å². The van der Waals surface area contributed by atoms with Crippen molar-refractivity contribution in [2.45, 2.75) is 25.3 Å². The monoisotopic (exact) mass is 244 g/mol. The molecule has 1 N–H and O–H groups in total. The number of amides is 1. The zero-order chi connectivity index (χ0) is 12.4. The largest absolute Gasteiger partial charge is 0.352 e. The number of nitrogens with zero attached hydrogens (tertiary/aromatic N) is 1. The molecule has 1 aliphatic carbocycles. The van der Waals surface area contributed by atoms with E-state index in [1.54, 1.807) is 0 Å². The summed E-state index contributed by atoms with van der Waals surface area (Å²) >= 11 is 0. The minimum atomic E-state index is 0.0560. The van der Waals surface area contributed by atoms with Gasteiger partial charge in [0.2, 0.25) is 0 Å². The molecule has 1 aliphatic heterocycles. The molecule has 0 aromatic heterocycles. The predicted octanol–water partition coefficient (Wildman–Crippen LogP) is 1.90. The Morgan fingerprint density at radius 1 is 1.22 bits per heavy atom. The van der Waals surface area contributed by atoms with Crippen molar-refractivity contribution in [3.05, 3.63) is 35.9 Å². The lowest BCUT2D eigenvalue weighted by atomic mass is 10.1. The number of benzene rings is 1. The van der Waals surface area contributed by atoms with Crippen molar-refractivity contribution in [2.75, 3.05) is 19.6 Å². The molecule has 0 radical (unpaired) electrons. The van der Waals surface area contributed by atoms with Gasteiger partial charge in [-0.15, -0.1) is 0 Å². The summed E-state index contributed by atoms with van der Waals surface area (Å²) in [4.78, 5) is 14.5. The second kappa shape index (κ2) is 5.11. The van der Waals surface area contributed by atoms with Gasteiger partial charge in [0.25, 0.3) is 5.91 Å². The maximum Gasteiger partial charge on any atom is 0.251 e. The van der Waals surface area contributed by atoms with Gasteiger partial charge in [-0.25, -0.2) is 0 Å². The Hall–Kier alpha value is -1.35. The zero-order valence-electron chi connectivity index (χ0n) is 10.6. The van der Waals surface area contributed by atoms with Gasteiger partial charge in [0, 0.05) is 24.7 Å². The van der Waals surface area contributed by atoms with Crippen LogP contribution in [0.25, 0.3) is 0 Å². The highest BCUT2D eigenvalue weighted by Crippen LogP contribution is 2.31. The highest BCUT2D eigenvalue weighted by molar-refractivity contribution is 5.94. The predicted molar refractivity (Wildman–Crippen MR) is 71.5 cm³/mol. The van der Waals surface area contributed by atoms with Crippen molar-refractivity contribution in [1.82, 2.24) is 10.2 Å². The second-order valence-corrected chi connectivity index (χ2v) is 5.46. The lowest BCUT2D eigenvalue weighted by molar-refractivity contribution is 0.0947. The molecular formula is C15H20N2O. The summed E-state index contributed by atoms with van der Waals surface area (Å²) in [5.41, 5.74) is 0.759. The van der Waals surface area contributed by atoms with Gasteiger partial charge in [-0.2, -0.15) is 0 Å². The molecule has 3 nitrogen and oxygen atoms in total. The number of nitrogens with one attached hydrogen (secondary N) is 1. The molecule has 0 bridgehead atoms. The van der Waals surface area contributed by atoms with Crippen LogP contribution in [0.2, 0.25) is 0 Å². The third-order valence-corrected chi connectivity index (χ3v) is 3.97. The van der Waals surface area contributed by atoms with E-state index < -0.39 is 0 Å². The Morgan fingerprint density at radius 2 is 2.00 bits per heavy atom. The number of hydrogen-bond acceptors (Lipinski definition) is 2. The average molecular weight is 244 g/mol. The number of hydrogen-bond donors (Lipinski definition) is 1. The van der Waals surface area contributed by atoms with Gasteiger partial charge in [-0.05, 0) is 43.9 Å². The molecule has 96 valence electrons. The summed E-state index contributed by atoms with van der Waals surface area (Å²) in [5.74, 6) is 0.693. The Balaban J connectivity index is 1.45. The fraction of sp³-hybridized carbons (Fsp3) is 0.533. The minimum Gasteiger partial charge on any atom is -0.352 e. The Labute approximate surface area is 108 Å². The van der Waals surface area contributed by atoms with Crippen LogP contribution < -0.4 is 5.32 Å². The van der Waals surface area contributed by atoms with Gasteiger partial charge in [0.1, 0.15) is 0 Å². The summed E-state index contributed by atoms with van der Waals surface area (Å²) in [6, 6.07) is 10.3. The molecule has 0 spiro atoms. The second-order valence-electron chi connectivity index (χ2n) is 5.46. The van der Waals surface area contributed by atoms with Crippen LogP contribution in [0, 0.1) is 5.92 Å². The first kappa shape index (κ1) is 11.7. The fourth-order valence-corrected chi connectivity index (χ4v) is 2.73. The highest BCUT2D eigenvalue weighted by Gasteiger charge is 2.34. The number of carbonyl (C=O) groups is 1. The van der Waals surface area contributed by atoms with Crippen LogP contribution in [0.4, 0.5) is 0 Å². The maximum absolute atomic E-state index is 11.9. The van der Waals surface area contributed by atoms with Crippen molar-refractivity contribution in [2.24, 2.45) is 5.92 Å². The van der Waals surface area contributed by atoms with E-state index in [-0.39, 0.29) is 5.91 Å². The molecule has 3 rings (SSSR count). The first-order chi connectivity index (χ1) is 8.83. The number of carbonyl (C=O) groups excluding carboxylic acids is 1. The van der Waals surface area contributed by atoms with Crippen LogP contribution in [0.1, 0.15) is 29.6 Å². The SMILES string of the molecule is O=C(NC[C@@H]1CCN(C2CC2)C1)c1ccccc1. The highest BCUT2D eigenvalue weighted by atomic mass is 16.1. The first-order valence-corrected chi connectivity index (χ1v) is 6.90. The smallest absolute Gasteiger partial charge is 0.251 e. The summed E-state index contributed by atoms with van der Waals surface area (Å²) in [7, 11) is 0. The van der Waals surface area contributed by atoms with Gasteiger partial charge >= 0.3 is 0 Å². The number of rotatable bonds is 4. The van der Waals surface area contributed by atoms with E-state index in [0.717, 1.165) is 18.2 Å². The molecule has 2 aliphatic rings. The van der Waals surface area contributed by atoms with E-state index in [4.69, 9.17) is 0 Å². The van der Waals surface area contributed by atoms with Crippen LogP contribution >= 0.6 is 0 Å². The molecule has 1 aromatic carbocycles. The van der Waals surface area contributed by atoms with Crippen LogP contribution in [0.3, 0.4) is 0 Å². The average Bonchev–Trinajstić information content (AvgIpc) is 3.16. The van der Waals surface area contributed by atoms with E-state index >= 15 is 0 Å². The van der Waals surface area contributed by atoms with Crippen molar-refractivity contribution < 1.29 is 4.79 Å². The third-order valence-electron chi connectivity index (χ3n) is 3.97. The van der Waals surface area contributed by atoms with E-state index in [1.807, 2.05) is 30.3 Å². The summed E-state index contributed by atoms with van der Waals surface area (Å²) < 4.78 is 0. The van der Waals surface area contributed by atoms with E-state index in [0.29, 0.717) is 5.92 Å². The maximum atomic E-state index is 11.9. The van der Waals surface area contributed by atoms with Gasteiger partial charge < -0.3 is 10.2 Å². The van der Waals surface area contributed by atoms with Crippen LogP contribution in [-0.2, 0) is 0 Å². The number of likely N-dealkylation sites (tertiary alicyclic amines) is 1. The zero-order valence-corrected chi connectivity index (χ0v) is 10.6. The topological polar surface area (TPSA) is 32.3 Å². The van der Waals surface area contributed by atoms with Crippen molar-refractivity contribution >= 4 is 5.91 Å². The van der Waals surface area contributed by atoms with Crippen molar-refractivity contribution in [3.63, 3.8) is 0 Å². The Morgan fingerprint density at radius 3 is 2.72 bits per heavy atom. The molecule has 1 amide bonds. The molecule has 18 heavy (non-hydrogen) atoms. The molecule has 1 heterocycles. The fourth-order valence-electron chi connectivity index (χ4n) is 2.73. The van der Waals surface area contributed by atoms with Crippen molar-refractivity contribution in [1.29, 1.82) is 0 Å². The lowest BCUT2D eigenvalue weighted by Gasteiger charge is -2.15. The summed E-state index contributed by atoms with van der Waals surface area (Å²) in [5, 5.41) is 3.06. The standard InChI is InChI=1S/C15H20N2O/c18-15(13-4-2-1-3-5-13)16-10-12-8-9-17(11-12)14-6-7-14/h1-5,12,14H,6-11H2,(H,16,18)/t12-/m0/s1. The van der Waals surface area contributed by atoms with E-state index in [1.165, 1.54) is 32.4 Å². The van der Waals surface area contributed by atoms with Crippen LogP contribution in [0.15, 0.2) is 30.3 Å². The van der Waals surface area contributed by atoms with Gasteiger partial charge in [0.05, 0.1) is 0 Å². The lowest BCUT2D eigenvalue weighted by Crippen LogP contribution is -2.31.